The second kappa shape index (κ2) is 15.4. The quantitative estimate of drug-likeness (QED) is 0.127. The Morgan fingerprint density at radius 1 is 1.00 bits per heavy atom. The third kappa shape index (κ3) is 9.04. The van der Waals surface area contributed by atoms with Crippen molar-refractivity contribution in [1.82, 2.24) is 0 Å². The van der Waals surface area contributed by atoms with E-state index in [9.17, 15) is 14.4 Å². The number of aryl methyl sites for hydroxylation is 1. The number of hydrogen-bond donors (Lipinski definition) is 0. The van der Waals surface area contributed by atoms with Crippen LogP contribution in [0.3, 0.4) is 0 Å². The second-order valence-electron chi connectivity index (χ2n) is 11.8. The summed E-state index contributed by atoms with van der Waals surface area (Å²) >= 11 is 0. The molecular formula is C34H52O3. The zero-order valence-corrected chi connectivity index (χ0v) is 24.7. The van der Waals surface area contributed by atoms with Gasteiger partial charge in [-0.1, -0.05) is 91.0 Å². The molecule has 0 fully saturated rings. The van der Waals surface area contributed by atoms with Crippen molar-refractivity contribution in [3.8, 4) is 0 Å². The first kappa shape index (κ1) is 31.2. The molecule has 0 saturated carbocycles. The first-order valence-electron chi connectivity index (χ1n) is 15.0. The molecular weight excluding hydrogens is 456 g/mol. The van der Waals surface area contributed by atoms with E-state index >= 15 is 0 Å². The van der Waals surface area contributed by atoms with E-state index in [2.05, 4.69) is 65.8 Å². The normalized spacial score (nSPS) is 18.9. The summed E-state index contributed by atoms with van der Waals surface area (Å²) in [5.41, 5.74) is 4.54. The highest BCUT2D eigenvalue weighted by Crippen LogP contribution is 2.39. The molecule has 3 nitrogen and oxygen atoms in total. The Balaban J connectivity index is 2.27. The topological polar surface area (TPSA) is 51.2 Å². The lowest BCUT2D eigenvalue weighted by Gasteiger charge is -2.33. The van der Waals surface area contributed by atoms with Crippen molar-refractivity contribution in [1.29, 1.82) is 0 Å². The summed E-state index contributed by atoms with van der Waals surface area (Å²) in [5.74, 6) is 1.51. The molecule has 0 aliphatic heterocycles. The standard InChI is InChI=1S/C34H52O3/c1-8-11-12-14-23(4)15-16-24(5)30-18-17-25(6)34-31(30)21-27(22-33(34)37)20-28(13-9-2)29(10-3)32(36)19-26(7)35/h15-18,23-24,27-29H,8-14,19-22H2,1-7H3/b16-15-. The number of Topliss-reactive ketones (excluding diaryl/α,β-unsaturated/α-hetero) is 3. The predicted octanol–water partition coefficient (Wildman–Crippen LogP) is 9.00. The minimum absolute atomic E-state index is 0.0369. The summed E-state index contributed by atoms with van der Waals surface area (Å²) in [4.78, 5) is 38.0. The van der Waals surface area contributed by atoms with Crippen LogP contribution in [0, 0.1) is 30.6 Å². The number of fused-ring (bicyclic) bond motifs is 1. The lowest BCUT2D eigenvalue weighted by atomic mass is 9.70. The van der Waals surface area contributed by atoms with Gasteiger partial charge in [0.15, 0.2) is 5.78 Å². The molecule has 1 aliphatic rings. The van der Waals surface area contributed by atoms with Gasteiger partial charge >= 0.3 is 0 Å². The summed E-state index contributed by atoms with van der Waals surface area (Å²) in [7, 11) is 0. The van der Waals surface area contributed by atoms with Crippen molar-refractivity contribution in [2.45, 2.75) is 125 Å². The van der Waals surface area contributed by atoms with Gasteiger partial charge in [-0.2, -0.15) is 0 Å². The lowest BCUT2D eigenvalue weighted by molar-refractivity contribution is -0.129. The summed E-state index contributed by atoms with van der Waals surface area (Å²) in [6, 6.07) is 4.35. The van der Waals surface area contributed by atoms with Gasteiger partial charge in [0.2, 0.25) is 0 Å². The van der Waals surface area contributed by atoms with E-state index in [0.717, 1.165) is 43.2 Å². The molecule has 0 saturated heterocycles. The van der Waals surface area contributed by atoms with E-state index in [1.807, 2.05) is 0 Å². The summed E-state index contributed by atoms with van der Waals surface area (Å²) in [6.07, 6.45) is 14.9. The number of carbonyl (C=O) groups excluding carboxylic acids is 3. The number of allylic oxidation sites excluding steroid dienone is 2. The van der Waals surface area contributed by atoms with E-state index in [1.165, 1.54) is 43.7 Å². The number of carbonyl (C=O) groups is 3. The fraction of sp³-hybridized carbons (Fsp3) is 0.676. The third-order valence-corrected chi connectivity index (χ3v) is 8.43. The number of unbranched alkanes of at least 4 members (excludes halogenated alkanes) is 2. The first-order chi connectivity index (χ1) is 17.6. The van der Waals surface area contributed by atoms with Crippen LogP contribution >= 0.6 is 0 Å². The Morgan fingerprint density at radius 3 is 2.35 bits per heavy atom. The second-order valence-corrected chi connectivity index (χ2v) is 11.8. The van der Waals surface area contributed by atoms with Gasteiger partial charge in [-0.25, -0.2) is 0 Å². The molecule has 0 bridgehead atoms. The van der Waals surface area contributed by atoms with E-state index < -0.39 is 0 Å². The molecule has 5 unspecified atom stereocenters. The Labute approximate surface area is 226 Å². The van der Waals surface area contributed by atoms with Gasteiger partial charge in [0.1, 0.15) is 11.6 Å². The van der Waals surface area contributed by atoms with Crippen LogP contribution in [-0.2, 0) is 16.0 Å². The van der Waals surface area contributed by atoms with Gasteiger partial charge in [-0.3, -0.25) is 14.4 Å². The molecule has 0 aromatic heterocycles. The van der Waals surface area contributed by atoms with Crippen molar-refractivity contribution >= 4 is 17.3 Å². The minimum Gasteiger partial charge on any atom is -0.300 e. The first-order valence-corrected chi connectivity index (χ1v) is 15.0. The molecule has 5 atom stereocenters. The van der Waals surface area contributed by atoms with Crippen LogP contribution in [0.1, 0.15) is 139 Å². The van der Waals surface area contributed by atoms with E-state index in [-0.39, 0.29) is 47.4 Å². The van der Waals surface area contributed by atoms with Gasteiger partial charge < -0.3 is 0 Å². The van der Waals surface area contributed by atoms with Crippen LogP contribution in [0.15, 0.2) is 24.3 Å². The van der Waals surface area contributed by atoms with E-state index in [0.29, 0.717) is 12.3 Å². The SMILES string of the molecule is CCCCCC(C)/C=C\C(C)c1ccc(C)c2c1CC(CC(CCC)C(CC)C(=O)CC(C)=O)CC2=O. The highest BCUT2D eigenvalue weighted by Gasteiger charge is 2.34. The van der Waals surface area contributed by atoms with Gasteiger partial charge in [0.05, 0.1) is 6.42 Å². The van der Waals surface area contributed by atoms with Crippen molar-refractivity contribution in [3.05, 3.63) is 46.5 Å². The maximum absolute atomic E-state index is 13.4. The highest BCUT2D eigenvalue weighted by atomic mass is 16.1. The average molecular weight is 509 g/mol. The zero-order chi connectivity index (χ0) is 27.5. The third-order valence-electron chi connectivity index (χ3n) is 8.43. The maximum Gasteiger partial charge on any atom is 0.163 e. The Kier molecular flexibility index (Phi) is 13.0. The van der Waals surface area contributed by atoms with Gasteiger partial charge in [-0.15, -0.1) is 0 Å². The van der Waals surface area contributed by atoms with Crippen molar-refractivity contribution in [3.63, 3.8) is 0 Å². The molecule has 206 valence electrons. The van der Waals surface area contributed by atoms with Crippen molar-refractivity contribution < 1.29 is 14.4 Å². The highest BCUT2D eigenvalue weighted by molar-refractivity contribution is 6.00. The van der Waals surface area contributed by atoms with Gasteiger partial charge in [0, 0.05) is 17.9 Å². The molecule has 0 N–H and O–H groups in total. The molecule has 0 spiro atoms. The molecule has 0 heterocycles. The van der Waals surface area contributed by atoms with E-state index in [1.54, 1.807) is 0 Å². The molecule has 2 rings (SSSR count). The minimum atomic E-state index is -0.0895. The number of benzene rings is 1. The molecule has 1 aromatic carbocycles. The maximum atomic E-state index is 13.4. The zero-order valence-electron chi connectivity index (χ0n) is 24.7. The Morgan fingerprint density at radius 2 is 1.73 bits per heavy atom. The van der Waals surface area contributed by atoms with Gasteiger partial charge in [0.25, 0.3) is 0 Å². The molecule has 0 amide bonds. The van der Waals surface area contributed by atoms with Crippen LogP contribution < -0.4 is 0 Å². The van der Waals surface area contributed by atoms with Gasteiger partial charge in [-0.05, 0) is 79.9 Å². The molecule has 1 aliphatic carbocycles. The predicted molar refractivity (Wildman–Crippen MR) is 155 cm³/mol. The monoisotopic (exact) mass is 508 g/mol. The van der Waals surface area contributed by atoms with Crippen LogP contribution in [0.4, 0.5) is 0 Å². The lowest BCUT2D eigenvalue weighted by Crippen LogP contribution is -2.30. The van der Waals surface area contributed by atoms with Crippen LogP contribution in [0.25, 0.3) is 0 Å². The van der Waals surface area contributed by atoms with Crippen LogP contribution in [-0.4, -0.2) is 17.3 Å². The number of hydrogen-bond acceptors (Lipinski definition) is 3. The molecule has 37 heavy (non-hydrogen) atoms. The molecule has 1 aromatic rings. The summed E-state index contributed by atoms with van der Waals surface area (Å²) < 4.78 is 0. The van der Waals surface area contributed by atoms with Crippen LogP contribution in [0.5, 0.6) is 0 Å². The number of rotatable bonds is 16. The average Bonchev–Trinajstić information content (AvgIpc) is 2.82. The summed E-state index contributed by atoms with van der Waals surface area (Å²) in [6.45, 7) is 14.6. The van der Waals surface area contributed by atoms with Crippen molar-refractivity contribution in [2.75, 3.05) is 0 Å². The molecule has 0 radical (unpaired) electrons. The smallest absolute Gasteiger partial charge is 0.163 e. The fourth-order valence-corrected chi connectivity index (χ4v) is 6.46. The van der Waals surface area contributed by atoms with Crippen LogP contribution in [0.2, 0.25) is 0 Å². The number of ketones is 3. The molecule has 3 heteroatoms. The Bertz CT molecular complexity index is 941. The van der Waals surface area contributed by atoms with Crippen molar-refractivity contribution in [2.24, 2.45) is 23.7 Å². The fourth-order valence-electron chi connectivity index (χ4n) is 6.46. The van der Waals surface area contributed by atoms with E-state index in [4.69, 9.17) is 0 Å². The Hall–Kier alpha value is -2.03. The summed E-state index contributed by atoms with van der Waals surface area (Å²) in [5, 5.41) is 0. The largest absolute Gasteiger partial charge is 0.300 e.